The lowest BCUT2D eigenvalue weighted by Gasteiger charge is -2.26. The molecule has 0 bridgehead atoms. The van der Waals surface area contributed by atoms with E-state index in [4.69, 9.17) is 4.74 Å². The number of methoxy groups -OCH3 is 1. The Labute approximate surface area is 164 Å². The number of anilines is 1. The van der Waals surface area contributed by atoms with Gasteiger partial charge in [0, 0.05) is 25.7 Å². The average molecular weight is 402 g/mol. The van der Waals surface area contributed by atoms with Gasteiger partial charge in [0.15, 0.2) is 26.8 Å². The van der Waals surface area contributed by atoms with Crippen LogP contribution < -0.4 is 9.64 Å². The van der Waals surface area contributed by atoms with E-state index in [2.05, 4.69) is 20.2 Å². The summed E-state index contributed by atoms with van der Waals surface area (Å²) in [6.07, 6.45) is 0.712. The van der Waals surface area contributed by atoms with Gasteiger partial charge in [-0.05, 0) is 37.6 Å². The van der Waals surface area contributed by atoms with Crippen molar-refractivity contribution < 1.29 is 13.5 Å². The molecule has 10 heteroatoms. The summed E-state index contributed by atoms with van der Waals surface area (Å²) in [4.78, 5) is 2.35. The first-order valence-corrected chi connectivity index (χ1v) is 10.5. The molecule has 3 heterocycles. The molecule has 1 atom stereocenters. The van der Waals surface area contributed by atoms with Crippen LogP contribution in [0.2, 0.25) is 0 Å². The molecule has 3 aromatic rings. The van der Waals surface area contributed by atoms with Crippen LogP contribution in [0.15, 0.2) is 41.3 Å². The third kappa shape index (κ3) is 3.46. The molecule has 1 aliphatic rings. The molecule has 9 nitrogen and oxygen atoms in total. The minimum absolute atomic E-state index is 0.250. The second kappa shape index (κ2) is 7.46. The van der Waals surface area contributed by atoms with Crippen molar-refractivity contribution in [3.8, 4) is 5.75 Å². The van der Waals surface area contributed by atoms with Gasteiger partial charge >= 0.3 is 0 Å². The second-order valence-corrected chi connectivity index (χ2v) is 8.57. The van der Waals surface area contributed by atoms with E-state index in [-0.39, 0.29) is 4.90 Å². The normalized spacial score (nSPS) is 18.0. The molecule has 0 radical (unpaired) electrons. The van der Waals surface area contributed by atoms with E-state index < -0.39 is 10.4 Å². The first-order valence-electron chi connectivity index (χ1n) is 9.07. The molecule has 1 aliphatic heterocycles. The van der Waals surface area contributed by atoms with Crippen molar-refractivity contribution in [1.82, 2.24) is 24.1 Å². The van der Waals surface area contributed by atoms with Crippen LogP contribution in [0.3, 0.4) is 0 Å². The maximum Gasteiger partial charge on any atom is 0.179 e. The molecule has 0 N–H and O–H groups in total. The van der Waals surface area contributed by atoms with Crippen molar-refractivity contribution in [2.24, 2.45) is 0 Å². The number of aromatic nitrogens is 4. The SMILES string of the molecule is COc1cccc([S+](=O)([O-])N2CCCN(c3ccc4nnc(C)n4n3)CC2)c1. The van der Waals surface area contributed by atoms with E-state index in [1.807, 2.05) is 19.1 Å². The monoisotopic (exact) mass is 402 g/mol. The molecule has 0 aliphatic carbocycles. The first-order chi connectivity index (χ1) is 13.5. The van der Waals surface area contributed by atoms with Gasteiger partial charge in [-0.25, -0.2) is 0 Å². The van der Waals surface area contributed by atoms with Gasteiger partial charge in [0.1, 0.15) is 11.6 Å². The van der Waals surface area contributed by atoms with E-state index in [0.29, 0.717) is 43.3 Å². The average Bonchev–Trinajstić information content (AvgIpc) is 2.93. The highest BCUT2D eigenvalue weighted by atomic mass is 32.3. The largest absolute Gasteiger partial charge is 0.593 e. The van der Waals surface area contributed by atoms with Gasteiger partial charge in [-0.15, -0.1) is 19.6 Å². The van der Waals surface area contributed by atoms with Crippen molar-refractivity contribution in [3.05, 3.63) is 42.2 Å². The van der Waals surface area contributed by atoms with Crippen LogP contribution in [0.25, 0.3) is 5.65 Å². The van der Waals surface area contributed by atoms with Crippen molar-refractivity contribution in [1.29, 1.82) is 0 Å². The van der Waals surface area contributed by atoms with Crippen LogP contribution in [0, 0.1) is 6.92 Å². The van der Waals surface area contributed by atoms with Crippen molar-refractivity contribution >= 4 is 21.9 Å². The summed E-state index contributed by atoms with van der Waals surface area (Å²) < 4.78 is 34.5. The van der Waals surface area contributed by atoms with Crippen LogP contribution in [0.4, 0.5) is 5.82 Å². The fourth-order valence-electron chi connectivity index (χ4n) is 3.33. The second-order valence-electron chi connectivity index (χ2n) is 6.63. The summed E-state index contributed by atoms with van der Waals surface area (Å²) in [6.45, 7) is 3.98. The van der Waals surface area contributed by atoms with Gasteiger partial charge in [0.25, 0.3) is 0 Å². The van der Waals surface area contributed by atoms with Crippen LogP contribution in [-0.2, 0) is 14.6 Å². The number of hydrogen-bond acceptors (Lipinski definition) is 7. The number of ether oxygens (including phenoxy) is 1. The first kappa shape index (κ1) is 18.8. The van der Waals surface area contributed by atoms with Gasteiger partial charge in [-0.1, -0.05) is 10.3 Å². The fourth-order valence-corrected chi connectivity index (χ4v) is 4.83. The number of benzene rings is 1. The Hall–Kier alpha value is -2.56. The lowest BCUT2D eigenvalue weighted by molar-refractivity contribution is 0.366. The smallest absolute Gasteiger partial charge is 0.179 e. The van der Waals surface area contributed by atoms with Crippen LogP contribution in [0.5, 0.6) is 5.75 Å². The highest BCUT2D eigenvalue weighted by molar-refractivity contribution is 7.95. The molecule has 1 aromatic carbocycles. The maximum atomic E-state index is 13.1. The molecule has 4 rings (SSSR count). The van der Waals surface area contributed by atoms with Crippen LogP contribution in [0.1, 0.15) is 12.2 Å². The Bertz CT molecular complexity index is 1040. The van der Waals surface area contributed by atoms with Gasteiger partial charge in [0.05, 0.1) is 13.7 Å². The number of sulfonamides is 1. The Kier molecular flexibility index (Phi) is 5.00. The van der Waals surface area contributed by atoms with Gasteiger partial charge in [-0.2, -0.15) is 4.52 Å². The molecule has 1 saturated heterocycles. The number of hydrogen-bond donors (Lipinski definition) is 0. The number of fused-ring (bicyclic) bond motifs is 1. The molecule has 2 aromatic heterocycles. The topological polar surface area (TPSA) is 98.9 Å². The third-order valence-corrected chi connectivity index (χ3v) is 6.76. The molecule has 0 saturated carbocycles. The molecule has 148 valence electrons. The fraction of sp³-hybridized carbons (Fsp3) is 0.389. The van der Waals surface area contributed by atoms with E-state index in [1.165, 1.54) is 11.4 Å². The zero-order valence-corrected chi connectivity index (χ0v) is 16.6. The van der Waals surface area contributed by atoms with Crippen molar-refractivity contribution in [3.63, 3.8) is 0 Å². The molecule has 1 unspecified atom stereocenters. The van der Waals surface area contributed by atoms with Crippen LogP contribution in [-0.4, -0.2) is 62.0 Å². The van der Waals surface area contributed by atoms with Crippen LogP contribution >= 0.6 is 0 Å². The zero-order valence-electron chi connectivity index (χ0n) is 15.8. The number of nitrogens with zero attached hydrogens (tertiary/aromatic N) is 6. The summed E-state index contributed by atoms with van der Waals surface area (Å²) in [5, 5.41) is 12.7. The minimum Gasteiger partial charge on any atom is -0.593 e. The summed E-state index contributed by atoms with van der Waals surface area (Å²) in [6, 6.07) is 10.4. The van der Waals surface area contributed by atoms with E-state index in [0.717, 1.165) is 12.4 Å². The minimum atomic E-state index is -3.57. The maximum absolute atomic E-state index is 13.1. The standard InChI is InChI=1S/C18H22N6O3S/c1-14-19-20-17-7-8-18(21-24(14)17)22-9-4-10-23(12-11-22)28(25,26)16-6-3-5-15(13-16)27-2/h3,5-8,13H,4,9-12H2,1-2H3. The molecule has 28 heavy (non-hydrogen) atoms. The number of rotatable bonds is 4. The summed E-state index contributed by atoms with van der Waals surface area (Å²) in [5.41, 5.74) is 0.693. The van der Waals surface area contributed by atoms with Crippen molar-refractivity contribution in [2.45, 2.75) is 18.2 Å². The highest BCUT2D eigenvalue weighted by Gasteiger charge is 2.32. The van der Waals surface area contributed by atoms with Gasteiger partial charge < -0.3 is 14.2 Å². The Morgan fingerprint density at radius 2 is 1.96 bits per heavy atom. The van der Waals surface area contributed by atoms with Gasteiger partial charge in [-0.3, -0.25) is 0 Å². The molecule has 1 fully saturated rings. The Morgan fingerprint density at radius 3 is 2.79 bits per heavy atom. The van der Waals surface area contributed by atoms with E-state index in [9.17, 15) is 8.76 Å². The predicted molar refractivity (Wildman–Crippen MR) is 104 cm³/mol. The van der Waals surface area contributed by atoms with Gasteiger partial charge in [0.2, 0.25) is 0 Å². The van der Waals surface area contributed by atoms with E-state index in [1.54, 1.807) is 28.8 Å². The third-order valence-electron chi connectivity index (χ3n) is 4.86. The lowest BCUT2D eigenvalue weighted by atomic mass is 10.3. The number of aryl methyl sites for hydroxylation is 1. The summed E-state index contributed by atoms with van der Waals surface area (Å²) in [5.74, 6) is 2.03. The quantitative estimate of drug-likeness (QED) is 0.611. The zero-order chi connectivity index (χ0) is 19.7. The summed E-state index contributed by atoms with van der Waals surface area (Å²) in [7, 11) is -2.05. The Balaban J connectivity index is 1.54. The highest BCUT2D eigenvalue weighted by Crippen LogP contribution is 2.26. The Morgan fingerprint density at radius 1 is 1.11 bits per heavy atom. The molecule has 0 spiro atoms. The molecular weight excluding hydrogens is 380 g/mol. The summed E-state index contributed by atoms with van der Waals surface area (Å²) >= 11 is 0. The van der Waals surface area contributed by atoms with Crippen molar-refractivity contribution in [2.75, 3.05) is 38.2 Å². The lowest BCUT2D eigenvalue weighted by Crippen LogP contribution is -2.39. The molecule has 0 amide bonds. The molecular formula is C18H22N6O3S. The predicted octanol–water partition coefficient (Wildman–Crippen LogP) is 1.56. The van der Waals surface area contributed by atoms with E-state index >= 15 is 0 Å².